The molecule has 0 fully saturated rings. The molecule has 0 aliphatic heterocycles. The zero-order chi connectivity index (χ0) is 8.91. The summed E-state index contributed by atoms with van der Waals surface area (Å²) in [5, 5.41) is 0. The monoisotopic (exact) mass is 260 g/mol. The Labute approximate surface area is 75.6 Å². The van der Waals surface area contributed by atoms with Gasteiger partial charge in [-0.2, -0.15) is 0 Å². The maximum atomic E-state index is 3.44. The summed E-state index contributed by atoms with van der Waals surface area (Å²) in [7, 11) is 0. The van der Waals surface area contributed by atoms with E-state index in [4.69, 9.17) is 0 Å². The topological polar surface area (TPSA) is 0 Å². The van der Waals surface area contributed by atoms with E-state index in [1.54, 1.807) is 0 Å². The van der Waals surface area contributed by atoms with E-state index in [1.807, 2.05) is 0 Å². The Bertz CT molecular complexity index is 152. The van der Waals surface area contributed by atoms with Crippen molar-refractivity contribution in [1.29, 1.82) is 0 Å². The van der Waals surface area contributed by atoms with Crippen molar-refractivity contribution in [2.75, 3.05) is 0 Å². The van der Waals surface area contributed by atoms with Crippen LogP contribution in [0, 0.1) is 15.8 Å². The van der Waals surface area contributed by atoms with Gasteiger partial charge in [-0.05, 0) is 0 Å². The number of hydrogen-bond donors (Lipinski definition) is 0. The molecule has 0 aliphatic rings. The van der Waals surface area contributed by atoms with E-state index in [0.717, 1.165) is 12.3 Å². The first-order chi connectivity index (χ1) is 4.92. The molecule has 0 atom stereocenters. The summed E-state index contributed by atoms with van der Waals surface area (Å²) in [6.07, 6.45) is 2.36. The van der Waals surface area contributed by atoms with Crippen LogP contribution in [0.25, 0.3) is 0 Å². The molecule has 0 N–H and O–H groups in total. The Balaban J connectivity index is 3.57. The average Bonchev–Trinajstić information content (AvgIpc) is 1.78. The molecule has 0 aromatic heterocycles. The van der Waals surface area contributed by atoms with Crippen LogP contribution in [0.15, 0.2) is 0 Å². The fourth-order valence-electron chi connectivity index (χ4n) is 0.689. The van der Waals surface area contributed by atoms with Crippen LogP contribution in [0.5, 0.6) is 0 Å². The average molecular weight is 259 g/mol. The molecule has 0 saturated heterocycles. The molecule has 0 bridgehead atoms. The van der Waals surface area contributed by atoms with Crippen LogP contribution < -0.4 is 0 Å². The van der Waals surface area contributed by atoms with E-state index in [0.29, 0.717) is 0 Å². The van der Waals surface area contributed by atoms with Crippen molar-refractivity contribution in [3.05, 3.63) is 0 Å². The van der Waals surface area contributed by atoms with Crippen LogP contribution in [0.1, 0.15) is 26.7 Å². The van der Waals surface area contributed by atoms with Crippen molar-refractivity contribution in [2.45, 2.75) is 41.5 Å². The van der Waals surface area contributed by atoms with E-state index in [-0.39, 0.29) is 0 Å². The van der Waals surface area contributed by atoms with Crippen molar-refractivity contribution in [2.24, 2.45) is 5.92 Å². The predicted molar refractivity (Wildman–Crippen MR) is 55.2 cm³/mol. The van der Waals surface area contributed by atoms with E-state index in [1.165, 1.54) is 6.42 Å². The fourth-order valence-corrected chi connectivity index (χ4v) is 2.56. The van der Waals surface area contributed by atoms with Gasteiger partial charge in [-0.15, -0.1) is 0 Å². The Kier molecular flexibility index (Phi) is 5.25. The van der Waals surface area contributed by atoms with Crippen molar-refractivity contribution in [1.82, 2.24) is 0 Å². The van der Waals surface area contributed by atoms with Crippen molar-refractivity contribution >= 4 is 18.4 Å². The van der Waals surface area contributed by atoms with Crippen molar-refractivity contribution in [3.8, 4) is 9.86 Å². The molecule has 64 valence electrons. The first kappa shape index (κ1) is 11.4. The molecule has 0 saturated carbocycles. The van der Waals surface area contributed by atoms with Gasteiger partial charge in [0.2, 0.25) is 0 Å². The van der Waals surface area contributed by atoms with Crippen LogP contribution in [0.4, 0.5) is 0 Å². The molecule has 0 spiro atoms. The second-order valence-electron chi connectivity index (χ2n) is 4.48. The van der Waals surface area contributed by atoms with Gasteiger partial charge in [0.15, 0.2) is 0 Å². The minimum atomic E-state index is -1.74. The first-order valence-corrected chi connectivity index (χ1v) is 14.4. The number of hydrogen-bond acceptors (Lipinski definition) is 0. The maximum absolute atomic E-state index is 3.44. The van der Waals surface area contributed by atoms with Crippen LogP contribution in [0.3, 0.4) is 0 Å². The summed E-state index contributed by atoms with van der Waals surface area (Å²) < 4.78 is 3.44. The molecule has 0 amide bonds. The zero-order valence-electron chi connectivity index (χ0n) is 8.49. The van der Waals surface area contributed by atoms with Gasteiger partial charge >= 0.3 is 75.7 Å². The third-order valence-electron chi connectivity index (χ3n) is 1.31. The second-order valence-corrected chi connectivity index (χ2v) is 18.0. The Morgan fingerprint density at radius 2 is 1.73 bits per heavy atom. The molecule has 11 heavy (non-hydrogen) atoms. The molecule has 0 unspecified atom stereocenters. The third-order valence-corrected chi connectivity index (χ3v) is 3.96. The van der Waals surface area contributed by atoms with Gasteiger partial charge in [0, 0.05) is 0 Å². The summed E-state index contributed by atoms with van der Waals surface area (Å²) in [5.74, 6) is 4.11. The summed E-state index contributed by atoms with van der Waals surface area (Å²) >= 11 is -1.74. The van der Waals surface area contributed by atoms with Crippen LogP contribution in [-0.4, -0.2) is 18.4 Å². The van der Waals surface area contributed by atoms with Crippen molar-refractivity contribution < 1.29 is 0 Å². The molecular formula is C10H20Sn. The predicted octanol–water partition coefficient (Wildman–Crippen LogP) is 3.30. The van der Waals surface area contributed by atoms with E-state index in [2.05, 4.69) is 38.5 Å². The van der Waals surface area contributed by atoms with Gasteiger partial charge in [-0.25, -0.2) is 0 Å². The molecule has 1 heteroatoms. The van der Waals surface area contributed by atoms with Gasteiger partial charge in [-0.1, -0.05) is 0 Å². The van der Waals surface area contributed by atoms with Gasteiger partial charge in [0.1, 0.15) is 0 Å². The zero-order valence-corrected chi connectivity index (χ0v) is 11.3. The van der Waals surface area contributed by atoms with Gasteiger partial charge < -0.3 is 0 Å². The van der Waals surface area contributed by atoms with Crippen LogP contribution in [0.2, 0.25) is 14.8 Å². The normalized spacial score (nSPS) is 11.1. The van der Waals surface area contributed by atoms with Crippen molar-refractivity contribution in [3.63, 3.8) is 0 Å². The SMILES string of the molecule is CC(C)CCC#[C][Sn]([CH3])([CH3])[CH3]. The van der Waals surface area contributed by atoms with Gasteiger partial charge in [0.25, 0.3) is 0 Å². The van der Waals surface area contributed by atoms with Crippen LogP contribution >= 0.6 is 0 Å². The Hall–Kier alpha value is 0.359. The van der Waals surface area contributed by atoms with E-state index >= 15 is 0 Å². The fraction of sp³-hybridized carbons (Fsp3) is 0.800. The summed E-state index contributed by atoms with van der Waals surface area (Å²) in [6.45, 7) is 4.50. The van der Waals surface area contributed by atoms with Gasteiger partial charge in [0.05, 0.1) is 0 Å². The summed E-state index contributed by atoms with van der Waals surface area (Å²) in [6, 6.07) is 0. The molecule has 0 aromatic rings. The summed E-state index contributed by atoms with van der Waals surface area (Å²) in [4.78, 5) is 7.07. The van der Waals surface area contributed by atoms with E-state index < -0.39 is 18.4 Å². The molecule has 0 heterocycles. The third kappa shape index (κ3) is 10.4. The Morgan fingerprint density at radius 1 is 1.18 bits per heavy atom. The van der Waals surface area contributed by atoms with E-state index in [9.17, 15) is 0 Å². The molecule has 0 nitrogen and oxygen atoms in total. The van der Waals surface area contributed by atoms with Crippen LogP contribution in [-0.2, 0) is 0 Å². The minimum absolute atomic E-state index is 0.805. The molecule has 0 radical (unpaired) electrons. The second kappa shape index (κ2) is 5.08. The standard InChI is InChI=1S/C7H11.3CH3.Sn/c1-4-5-6-7(2)3;;;;/h7H,5-6H2,2-3H3;3*1H3;. The molecule has 0 rings (SSSR count). The molecule has 0 aromatic carbocycles. The Morgan fingerprint density at radius 3 is 2.09 bits per heavy atom. The van der Waals surface area contributed by atoms with Gasteiger partial charge in [-0.3, -0.25) is 0 Å². The number of rotatable bonds is 2. The first-order valence-electron chi connectivity index (χ1n) is 4.42. The molecule has 0 aliphatic carbocycles. The summed E-state index contributed by atoms with van der Waals surface area (Å²) in [5.41, 5.74) is 0. The molecular weight excluding hydrogens is 239 g/mol. The quantitative estimate of drug-likeness (QED) is 0.527.